The lowest BCUT2D eigenvalue weighted by atomic mass is 9.99. The predicted octanol–water partition coefficient (Wildman–Crippen LogP) is 2.63. The van der Waals surface area contributed by atoms with Crippen LogP contribution in [-0.4, -0.2) is 32.1 Å². The molecular formula is C20H29N5O2S. The molecule has 0 spiro atoms. The van der Waals surface area contributed by atoms with E-state index >= 15 is 0 Å². The number of nitrogens with zero attached hydrogens (tertiary/aromatic N) is 1. The smallest absolute Gasteiger partial charge is 0.329 e. The van der Waals surface area contributed by atoms with Gasteiger partial charge in [-0.1, -0.05) is 6.07 Å². The molecule has 2 amide bonds. The molecule has 0 fully saturated rings. The lowest BCUT2D eigenvalue weighted by Crippen LogP contribution is -2.26. The van der Waals surface area contributed by atoms with Gasteiger partial charge in [0.05, 0.1) is 6.61 Å². The van der Waals surface area contributed by atoms with Crippen LogP contribution in [0.2, 0.25) is 0 Å². The molecule has 6 N–H and O–H groups in total. The highest BCUT2D eigenvalue weighted by molar-refractivity contribution is 8.02. The number of nitrogens with one attached hydrogen (secondary N) is 2. The van der Waals surface area contributed by atoms with Gasteiger partial charge in [0.25, 0.3) is 0 Å². The van der Waals surface area contributed by atoms with Crippen LogP contribution in [0, 0.1) is 0 Å². The molecule has 152 valence electrons. The highest BCUT2D eigenvalue weighted by Crippen LogP contribution is 2.38. The van der Waals surface area contributed by atoms with Gasteiger partial charge in [0.15, 0.2) is 0 Å². The van der Waals surface area contributed by atoms with Crippen LogP contribution in [0.25, 0.3) is 0 Å². The Bertz CT molecular complexity index is 759. The van der Waals surface area contributed by atoms with E-state index in [1.165, 1.54) is 48.3 Å². The van der Waals surface area contributed by atoms with E-state index in [0.717, 1.165) is 56.3 Å². The molecular weight excluding hydrogens is 374 g/mol. The molecule has 1 aromatic carbocycles. The molecule has 4 rings (SSSR count). The summed E-state index contributed by atoms with van der Waals surface area (Å²) in [5.74, 6) is 0.505. The topological polar surface area (TPSA) is 115 Å². The molecule has 0 saturated carbocycles. The van der Waals surface area contributed by atoms with Gasteiger partial charge in [-0.05, 0) is 79.8 Å². The molecule has 1 aromatic rings. The SMILES string of the molecule is CN.N/C=C(/SNC(=O)Nc1c2c(cc3c1CCC3)CCC2)C1=NCCCO1. The first kappa shape index (κ1) is 20.5. The van der Waals surface area contributed by atoms with Crippen molar-refractivity contribution in [1.29, 1.82) is 0 Å². The number of carbonyl (C=O) groups excluding carboxylic acids is 1. The highest BCUT2D eigenvalue weighted by atomic mass is 32.2. The third kappa shape index (κ3) is 4.44. The molecule has 0 bridgehead atoms. The van der Waals surface area contributed by atoms with Gasteiger partial charge in [0.2, 0.25) is 5.90 Å². The van der Waals surface area contributed by atoms with Crippen molar-refractivity contribution in [3.05, 3.63) is 39.4 Å². The quantitative estimate of drug-likeness (QED) is 0.577. The minimum absolute atomic E-state index is 0.236. The first-order valence-electron chi connectivity index (χ1n) is 9.84. The Balaban J connectivity index is 0.00000109. The lowest BCUT2D eigenvalue weighted by molar-refractivity contribution is 0.257. The summed E-state index contributed by atoms with van der Waals surface area (Å²) in [6.07, 6.45) is 8.99. The third-order valence-electron chi connectivity index (χ3n) is 5.12. The maximum Gasteiger partial charge on any atom is 0.329 e. The predicted molar refractivity (Wildman–Crippen MR) is 115 cm³/mol. The number of urea groups is 1. The largest absolute Gasteiger partial charge is 0.477 e. The fourth-order valence-electron chi connectivity index (χ4n) is 3.97. The molecule has 2 aliphatic carbocycles. The standard InChI is InChI=1S/C19H24N4O2S.CH5N/c20-11-16(18-21-8-3-9-25-18)26-23-19(24)22-17-14-6-1-4-12(14)10-13-5-2-7-15(13)17;1-2/h10-11H,1-9,20H2,(H2,22,23,24);2H2,1H3/b16-11+;. The molecule has 1 aliphatic heterocycles. The highest BCUT2D eigenvalue weighted by Gasteiger charge is 2.25. The van der Waals surface area contributed by atoms with Crippen molar-refractivity contribution in [3.63, 3.8) is 0 Å². The number of carbonyl (C=O) groups is 1. The number of hydrogen-bond acceptors (Lipinski definition) is 6. The van der Waals surface area contributed by atoms with Crippen LogP contribution in [0.15, 0.2) is 22.2 Å². The molecule has 0 radical (unpaired) electrons. The number of amides is 2. The lowest BCUT2D eigenvalue weighted by Gasteiger charge is -2.18. The van der Waals surface area contributed by atoms with E-state index in [4.69, 9.17) is 10.5 Å². The summed E-state index contributed by atoms with van der Waals surface area (Å²) < 4.78 is 8.33. The summed E-state index contributed by atoms with van der Waals surface area (Å²) >= 11 is 1.14. The average Bonchev–Trinajstić information content (AvgIpc) is 3.40. The average molecular weight is 404 g/mol. The Hall–Kier alpha value is -2.19. The van der Waals surface area contributed by atoms with Crippen LogP contribution in [0.4, 0.5) is 10.5 Å². The van der Waals surface area contributed by atoms with E-state index in [-0.39, 0.29) is 6.03 Å². The van der Waals surface area contributed by atoms with Crippen molar-refractivity contribution in [2.75, 3.05) is 25.5 Å². The normalized spacial score (nSPS) is 17.5. The second-order valence-corrected chi connectivity index (χ2v) is 7.66. The van der Waals surface area contributed by atoms with Crippen LogP contribution >= 0.6 is 11.9 Å². The van der Waals surface area contributed by atoms with Gasteiger partial charge in [-0.25, -0.2) is 4.79 Å². The molecule has 3 aliphatic rings. The van der Waals surface area contributed by atoms with E-state index < -0.39 is 0 Å². The summed E-state index contributed by atoms with van der Waals surface area (Å²) in [7, 11) is 1.50. The van der Waals surface area contributed by atoms with Crippen LogP contribution in [-0.2, 0) is 30.4 Å². The molecule has 0 saturated heterocycles. The van der Waals surface area contributed by atoms with E-state index in [2.05, 4.69) is 26.8 Å². The van der Waals surface area contributed by atoms with Crippen molar-refractivity contribution in [2.45, 2.75) is 44.9 Å². The molecule has 28 heavy (non-hydrogen) atoms. The number of benzene rings is 1. The number of ether oxygens (including phenoxy) is 1. The van der Waals surface area contributed by atoms with Gasteiger partial charge in [0.1, 0.15) is 4.91 Å². The van der Waals surface area contributed by atoms with Gasteiger partial charge in [-0.3, -0.25) is 9.71 Å². The fraction of sp³-hybridized carbons (Fsp3) is 0.500. The zero-order chi connectivity index (χ0) is 19.9. The zero-order valence-corrected chi connectivity index (χ0v) is 17.2. The summed E-state index contributed by atoms with van der Waals surface area (Å²) in [6.45, 7) is 1.35. The Morgan fingerprint density at radius 1 is 1.14 bits per heavy atom. The maximum absolute atomic E-state index is 12.5. The summed E-state index contributed by atoms with van der Waals surface area (Å²) in [4.78, 5) is 17.5. The van der Waals surface area contributed by atoms with Gasteiger partial charge >= 0.3 is 6.03 Å². The first-order chi connectivity index (χ1) is 13.8. The van der Waals surface area contributed by atoms with Crippen molar-refractivity contribution < 1.29 is 9.53 Å². The molecule has 1 heterocycles. The van der Waals surface area contributed by atoms with Crippen LogP contribution in [0.3, 0.4) is 0 Å². The number of hydrogen-bond donors (Lipinski definition) is 4. The molecule has 0 aromatic heterocycles. The number of rotatable bonds is 4. The molecule has 8 heteroatoms. The molecule has 7 nitrogen and oxygen atoms in total. The third-order valence-corrected chi connectivity index (χ3v) is 5.94. The summed E-state index contributed by atoms with van der Waals surface area (Å²) in [5.41, 5.74) is 16.7. The van der Waals surface area contributed by atoms with E-state index in [0.29, 0.717) is 17.4 Å². The van der Waals surface area contributed by atoms with Gasteiger partial charge < -0.3 is 21.5 Å². The molecule has 0 atom stereocenters. The van der Waals surface area contributed by atoms with Crippen LogP contribution in [0.5, 0.6) is 0 Å². The first-order valence-corrected chi connectivity index (χ1v) is 10.7. The Morgan fingerprint density at radius 3 is 2.39 bits per heavy atom. The van der Waals surface area contributed by atoms with Gasteiger partial charge in [-0.2, -0.15) is 0 Å². The number of aliphatic imine (C=N–C) groups is 1. The van der Waals surface area contributed by atoms with Crippen LogP contribution in [0.1, 0.15) is 41.5 Å². The number of fused-ring (bicyclic) bond motifs is 2. The van der Waals surface area contributed by atoms with E-state index in [1.807, 2.05) is 0 Å². The minimum Gasteiger partial charge on any atom is -0.477 e. The number of anilines is 1. The number of nitrogens with two attached hydrogens (primary N) is 2. The van der Waals surface area contributed by atoms with Crippen LogP contribution < -0.4 is 21.5 Å². The molecule has 0 unspecified atom stereocenters. The summed E-state index contributed by atoms with van der Waals surface area (Å²) in [6, 6.07) is 2.12. The monoisotopic (exact) mass is 403 g/mol. The minimum atomic E-state index is -0.236. The summed E-state index contributed by atoms with van der Waals surface area (Å²) in [5, 5.41) is 3.11. The van der Waals surface area contributed by atoms with Crippen molar-refractivity contribution in [1.82, 2.24) is 4.72 Å². The number of aryl methyl sites for hydroxylation is 2. The van der Waals surface area contributed by atoms with Gasteiger partial charge in [0, 0.05) is 24.9 Å². The van der Waals surface area contributed by atoms with E-state index in [9.17, 15) is 4.79 Å². The fourth-order valence-corrected chi connectivity index (χ4v) is 4.50. The Kier molecular flexibility index (Phi) is 7.22. The van der Waals surface area contributed by atoms with Crippen molar-refractivity contribution >= 4 is 29.6 Å². The Labute approximate surface area is 170 Å². The van der Waals surface area contributed by atoms with Crippen molar-refractivity contribution in [2.24, 2.45) is 16.5 Å². The second-order valence-electron chi connectivity index (χ2n) is 6.81. The van der Waals surface area contributed by atoms with Crippen molar-refractivity contribution in [3.8, 4) is 0 Å². The Morgan fingerprint density at radius 2 is 1.82 bits per heavy atom. The zero-order valence-electron chi connectivity index (χ0n) is 16.3. The van der Waals surface area contributed by atoms with E-state index in [1.54, 1.807) is 0 Å². The maximum atomic E-state index is 12.5. The van der Waals surface area contributed by atoms with Gasteiger partial charge in [-0.15, -0.1) is 0 Å². The second kappa shape index (κ2) is 9.84.